The molecule has 1 N–H and O–H groups in total. The van der Waals surface area contributed by atoms with Crippen molar-refractivity contribution in [3.63, 3.8) is 0 Å². The Labute approximate surface area is 112 Å². The number of rotatable bonds is 2. The number of H-pyrrole nitrogens is 1. The number of nitro groups is 1. The van der Waals surface area contributed by atoms with Gasteiger partial charge in [0, 0.05) is 23.9 Å². The number of aromatic nitrogens is 3. The lowest BCUT2D eigenvalue weighted by Gasteiger charge is -1.96. The van der Waals surface area contributed by atoms with Gasteiger partial charge in [-0.1, -0.05) is 23.7 Å². The second kappa shape index (κ2) is 4.33. The molecule has 2 aromatic heterocycles. The van der Waals surface area contributed by atoms with Gasteiger partial charge in [-0.15, -0.1) is 0 Å². The molecule has 0 bridgehead atoms. The standard InChI is InChI=1S/C12H7ClN4O2/c13-11-10-9(4-5-14-11)15-12(16-10)7-2-1-3-8(6-7)17(18)19/h1-6H,(H,15,16). The van der Waals surface area contributed by atoms with Crippen molar-refractivity contribution >= 4 is 28.3 Å². The summed E-state index contributed by atoms with van der Waals surface area (Å²) in [6.45, 7) is 0. The molecular formula is C12H7ClN4O2. The van der Waals surface area contributed by atoms with Crippen LogP contribution in [0.2, 0.25) is 5.15 Å². The summed E-state index contributed by atoms with van der Waals surface area (Å²) in [7, 11) is 0. The van der Waals surface area contributed by atoms with E-state index in [9.17, 15) is 10.1 Å². The fourth-order valence-corrected chi connectivity index (χ4v) is 2.01. The van der Waals surface area contributed by atoms with Gasteiger partial charge in [-0.05, 0) is 6.07 Å². The number of hydrogen-bond acceptors (Lipinski definition) is 4. The van der Waals surface area contributed by atoms with Gasteiger partial charge in [0.25, 0.3) is 5.69 Å². The Bertz CT molecular complexity index is 784. The molecule has 0 aliphatic rings. The van der Waals surface area contributed by atoms with E-state index in [0.717, 1.165) is 5.52 Å². The Morgan fingerprint density at radius 3 is 2.89 bits per heavy atom. The molecule has 3 aromatic rings. The van der Waals surface area contributed by atoms with Crippen LogP contribution in [0.1, 0.15) is 0 Å². The second-order valence-corrected chi connectivity index (χ2v) is 4.25. The number of fused-ring (bicyclic) bond motifs is 1. The molecule has 0 fully saturated rings. The maximum atomic E-state index is 10.8. The number of aromatic amines is 1. The number of non-ortho nitro benzene ring substituents is 1. The molecule has 7 heteroatoms. The van der Waals surface area contributed by atoms with Crippen LogP contribution in [0.25, 0.3) is 22.4 Å². The van der Waals surface area contributed by atoms with Crippen LogP contribution in [0.15, 0.2) is 36.5 Å². The first-order chi connectivity index (χ1) is 9.15. The average Bonchev–Trinajstić information content (AvgIpc) is 2.84. The van der Waals surface area contributed by atoms with E-state index in [0.29, 0.717) is 22.1 Å². The topological polar surface area (TPSA) is 84.7 Å². The lowest BCUT2D eigenvalue weighted by molar-refractivity contribution is -0.384. The van der Waals surface area contributed by atoms with Gasteiger partial charge in [0.15, 0.2) is 5.15 Å². The van der Waals surface area contributed by atoms with Gasteiger partial charge in [0.05, 0.1) is 10.4 Å². The Kier molecular flexibility index (Phi) is 2.64. The molecule has 6 nitrogen and oxygen atoms in total. The van der Waals surface area contributed by atoms with Crippen LogP contribution in [0, 0.1) is 10.1 Å². The molecule has 19 heavy (non-hydrogen) atoms. The van der Waals surface area contributed by atoms with Gasteiger partial charge in [-0.25, -0.2) is 9.97 Å². The van der Waals surface area contributed by atoms with Gasteiger partial charge >= 0.3 is 0 Å². The summed E-state index contributed by atoms with van der Waals surface area (Å²) in [5, 5.41) is 11.1. The maximum absolute atomic E-state index is 10.8. The first-order valence-electron chi connectivity index (χ1n) is 5.40. The highest BCUT2D eigenvalue weighted by Crippen LogP contribution is 2.26. The molecule has 0 atom stereocenters. The van der Waals surface area contributed by atoms with Gasteiger partial charge < -0.3 is 4.98 Å². The number of benzene rings is 1. The summed E-state index contributed by atoms with van der Waals surface area (Å²) in [6, 6.07) is 7.99. The quantitative estimate of drug-likeness (QED) is 0.442. The molecule has 0 radical (unpaired) electrons. The van der Waals surface area contributed by atoms with Crippen molar-refractivity contribution in [3.05, 3.63) is 51.8 Å². The summed E-state index contributed by atoms with van der Waals surface area (Å²) in [5.41, 5.74) is 1.93. The zero-order valence-electron chi connectivity index (χ0n) is 9.50. The van der Waals surface area contributed by atoms with Gasteiger partial charge in [-0.2, -0.15) is 0 Å². The van der Waals surface area contributed by atoms with Gasteiger partial charge in [0.2, 0.25) is 0 Å². The number of nitro benzene ring substituents is 1. The van der Waals surface area contributed by atoms with Crippen molar-refractivity contribution in [1.29, 1.82) is 0 Å². The monoisotopic (exact) mass is 274 g/mol. The average molecular weight is 275 g/mol. The fraction of sp³-hybridized carbons (Fsp3) is 0. The van der Waals surface area contributed by atoms with Crippen molar-refractivity contribution in [2.45, 2.75) is 0 Å². The van der Waals surface area contributed by atoms with E-state index in [-0.39, 0.29) is 5.69 Å². The van der Waals surface area contributed by atoms with Crippen LogP contribution in [0.4, 0.5) is 5.69 Å². The number of pyridine rings is 1. The molecular weight excluding hydrogens is 268 g/mol. The summed E-state index contributed by atoms with van der Waals surface area (Å²) in [6.07, 6.45) is 1.57. The Balaban J connectivity index is 2.16. The first-order valence-corrected chi connectivity index (χ1v) is 5.78. The largest absolute Gasteiger partial charge is 0.338 e. The summed E-state index contributed by atoms with van der Waals surface area (Å²) < 4.78 is 0. The van der Waals surface area contributed by atoms with E-state index >= 15 is 0 Å². The van der Waals surface area contributed by atoms with Crippen molar-refractivity contribution in [3.8, 4) is 11.4 Å². The van der Waals surface area contributed by atoms with E-state index in [1.807, 2.05) is 0 Å². The van der Waals surface area contributed by atoms with Crippen LogP contribution >= 0.6 is 11.6 Å². The lowest BCUT2D eigenvalue weighted by Crippen LogP contribution is -1.88. The van der Waals surface area contributed by atoms with Crippen LogP contribution in [0.5, 0.6) is 0 Å². The second-order valence-electron chi connectivity index (χ2n) is 3.89. The summed E-state index contributed by atoms with van der Waals surface area (Å²) in [4.78, 5) is 21.6. The number of nitrogens with zero attached hydrogens (tertiary/aromatic N) is 3. The predicted octanol–water partition coefficient (Wildman–Crippen LogP) is 3.19. The maximum Gasteiger partial charge on any atom is 0.270 e. The minimum absolute atomic E-state index is 0.0159. The van der Waals surface area contributed by atoms with E-state index in [1.54, 1.807) is 24.4 Å². The molecule has 0 spiro atoms. The lowest BCUT2D eigenvalue weighted by atomic mass is 10.2. The van der Waals surface area contributed by atoms with Crippen molar-refractivity contribution in [2.75, 3.05) is 0 Å². The molecule has 0 unspecified atom stereocenters. The van der Waals surface area contributed by atoms with Gasteiger partial charge in [0.1, 0.15) is 11.3 Å². The number of imidazole rings is 1. The molecule has 94 valence electrons. The third-order valence-corrected chi connectivity index (χ3v) is 2.96. The van der Waals surface area contributed by atoms with E-state index < -0.39 is 4.92 Å². The predicted molar refractivity (Wildman–Crippen MR) is 71.0 cm³/mol. The van der Waals surface area contributed by atoms with Crippen LogP contribution in [-0.2, 0) is 0 Å². The van der Waals surface area contributed by atoms with Crippen LogP contribution in [0.3, 0.4) is 0 Å². The summed E-state index contributed by atoms with van der Waals surface area (Å²) >= 11 is 5.94. The van der Waals surface area contributed by atoms with E-state index in [1.165, 1.54) is 12.1 Å². The van der Waals surface area contributed by atoms with E-state index in [2.05, 4.69) is 15.0 Å². The Morgan fingerprint density at radius 2 is 2.16 bits per heavy atom. The fourth-order valence-electron chi connectivity index (χ4n) is 1.81. The molecule has 0 saturated carbocycles. The molecule has 1 aromatic carbocycles. The summed E-state index contributed by atoms with van der Waals surface area (Å²) in [5.74, 6) is 0.522. The van der Waals surface area contributed by atoms with Crippen molar-refractivity contribution in [1.82, 2.24) is 15.0 Å². The highest BCUT2D eigenvalue weighted by atomic mass is 35.5. The SMILES string of the molecule is O=[N+]([O-])c1cccc(-c2nc3c(Cl)nccc3[nH]2)c1. The number of halogens is 1. The van der Waals surface area contributed by atoms with Crippen LogP contribution < -0.4 is 0 Å². The third kappa shape index (κ3) is 2.02. The Morgan fingerprint density at radius 1 is 1.32 bits per heavy atom. The smallest absolute Gasteiger partial charge is 0.270 e. The highest BCUT2D eigenvalue weighted by molar-refractivity contribution is 6.33. The molecule has 2 heterocycles. The molecule has 0 amide bonds. The molecule has 3 rings (SSSR count). The molecule has 0 saturated heterocycles. The normalized spacial score (nSPS) is 10.8. The van der Waals surface area contributed by atoms with Crippen molar-refractivity contribution < 1.29 is 4.92 Å². The molecule has 0 aliphatic heterocycles. The number of hydrogen-bond donors (Lipinski definition) is 1. The third-order valence-electron chi connectivity index (χ3n) is 2.69. The van der Waals surface area contributed by atoms with Crippen molar-refractivity contribution in [2.24, 2.45) is 0 Å². The highest BCUT2D eigenvalue weighted by Gasteiger charge is 2.11. The molecule has 0 aliphatic carbocycles. The minimum Gasteiger partial charge on any atom is -0.338 e. The Hall–Kier alpha value is -2.47. The van der Waals surface area contributed by atoms with Crippen LogP contribution in [-0.4, -0.2) is 19.9 Å². The zero-order chi connectivity index (χ0) is 13.4. The minimum atomic E-state index is -0.444. The number of nitrogens with one attached hydrogen (secondary N) is 1. The van der Waals surface area contributed by atoms with Gasteiger partial charge in [-0.3, -0.25) is 10.1 Å². The zero-order valence-corrected chi connectivity index (χ0v) is 10.3. The van der Waals surface area contributed by atoms with E-state index in [4.69, 9.17) is 11.6 Å². The first kappa shape index (κ1) is 11.6.